The highest BCUT2D eigenvalue weighted by Gasteiger charge is 2.17. The SMILES string of the molecule is COC(=O)[C@@H](CCC(C)C)N=[N+]=[N-]. The molecule has 0 aromatic carbocycles. The summed E-state index contributed by atoms with van der Waals surface area (Å²) in [5.41, 5.74) is 8.20. The summed E-state index contributed by atoms with van der Waals surface area (Å²) < 4.78 is 4.49. The molecule has 13 heavy (non-hydrogen) atoms. The fraction of sp³-hybridized carbons (Fsp3) is 0.875. The minimum atomic E-state index is -0.669. The Labute approximate surface area is 77.7 Å². The van der Waals surface area contributed by atoms with Crippen LogP contribution in [0.3, 0.4) is 0 Å². The molecular weight excluding hydrogens is 170 g/mol. The van der Waals surface area contributed by atoms with Crippen LogP contribution in [0.15, 0.2) is 5.11 Å². The molecule has 5 nitrogen and oxygen atoms in total. The van der Waals surface area contributed by atoms with Crippen molar-refractivity contribution in [3.8, 4) is 0 Å². The monoisotopic (exact) mass is 185 g/mol. The van der Waals surface area contributed by atoms with Gasteiger partial charge in [-0.15, -0.1) is 0 Å². The molecule has 0 heterocycles. The summed E-state index contributed by atoms with van der Waals surface area (Å²) in [7, 11) is 1.29. The molecule has 0 saturated heterocycles. The summed E-state index contributed by atoms with van der Waals surface area (Å²) in [5, 5.41) is 3.37. The fourth-order valence-electron chi connectivity index (χ4n) is 0.912. The quantitative estimate of drug-likeness (QED) is 0.285. The maximum Gasteiger partial charge on any atom is 0.314 e. The average molecular weight is 185 g/mol. The van der Waals surface area contributed by atoms with Gasteiger partial charge in [-0.1, -0.05) is 25.4 Å². The topological polar surface area (TPSA) is 75.1 Å². The first-order chi connectivity index (χ1) is 6.11. The largest absolute Gasteiger partial charge is 0.469 e. The van der Waals surface area contributed by atoms with Gasteiger partial charge in [0.2, 0.25) is 0 Å². The van der Waals surface area contributed by atoms with Gasteiger partial charge in [0.05, 0.1) is 7.11 Å². The summed E-state index contributed by atoms with van der Waals surface area (Å²) >= 11 is 0. The van der Waals surface area contributed by atoms with Crippen LogP contribution in [0.2, 0.25) is 0 Å². The summed E-state index contributed by atoms with van der Waals surface area (Å²) in [6.45, 7) is 4.09. The standard InChI is InChI=1S/C8H15N3O2/c1-6(2)4-5-7(10-11-9)8(12)13-3/h6-7H,4-5H2,1-3H3/t7-/m1/s1. The summed E-state index contributed by atoms with van der Waals surface area (Å²) in [6.07, 6.45) is 1.40. The maximum absolute atomic E-state index is 11.0. The highest BCUT2D eigenvalue weighted by Crippen LogP contribution is 2.10. The van der Waals surface area contributed by atoms with Crippen LogP contribution < -0.4 is 0 Å². The number of hydrogen-bond donors (Lipinski definition) is 0. The minimum Gasteiger partial charge on any atom is -0.469 e. The lowest BCUT2D eigenvalue weighted by atomic mass is 10.0. The number of hydrogen-bond acceptors (Lipinski definition) is 3. The van der Waals surface area contributed by atoms with Crippen molar-refractivity contribution in [2.45, 2.75) is 32.7 Å². The highest BCUT2D eigenvalue weighted by atomic mass is 16.5. The molecule has 0 amide bonds. The van der Waals surface area contributed by atoms with Crippen molar-refractivity contribution in [2.75, 3.05) is 7.11 Å². The number of carbonyl (C=O) groups excluding carboxylic acids is 1. The molecule has 0 N–H and O–H groups in total. The third kappa shape index (κ3) is 5.09. The van der Waals surface area contributed by atoms with Crippen molar-refractivity contribution in [3.63, 3.8) is 0 Å². The number of esters is 1. The van der Waals surface area contributed by atoms with Crippen molar-refractivity contribution in [2.24, 2.45) is 11.0 Å². The van der Waals surface area contributed by atoms with E-state index in [1.807, 2.05) is 13.8 Å². The summed E-state index contributed by atoms with van der Waals surface area (Å²) in [4.78, 5) is 13.6. The van der Waals surface area contributed by atoms with Crippen molar-refractivity contribution in [1.82, 2.24) is 0 Å². The fourth-order valence-corrected chi connectivity index (χ4v) is 0.912. The van der Waals surface area contributed by atoms with E-state index < -0.39 is 12.0 Å². The van der Waals surface area contributed by atoms with Gasteiger partial charge < -0.3 is 4.74 Å². The molecule has 0 saturated carbocycles. The van der Waals surface area contributed by atoms with E-state index in [9.17, 15) is 4.79 Å². The zero-order valence-electron chi connectivity index (χ0n) is 8.23. The molecule has 0 rings (SSSR count). The van der Waals surface area contributed by atoms with Crippen LogP contribution in [0.4, 0.5) is 0 Å². The average Bonchev–Trinajstić information content (AvgIpc) is 2.10. The Hall–Kier alpha value is -1.22. The van der Waals surface area contributed by atoms with Crippen molar-refractivity contribution in [3.05, 3.63) is 10.4 Å². The van der Waals surface area contributed by atoms with Crippen LogP contribution in [0.25, 0.3) is 10.4 Å². The molecule has 0 aliphatic rings. The third-order valence-electron chi connectivity index (χ3n) is 1.68. The second-order valence-corrected chi connectivity index (χ2v) is 3.22. The molecule has 1 atom stereocenters. The van der Waals surface area contributed by atoms with Crippen LogP contribution in [0.1, 0.15) is 26.7 Å². The lowest BCUT2D eigenvalue weighted by Gasteiger charge is -2.09. The Bertz CT molecular complexity index is 209. The van der Waals surface area contributed by atoms with E-state index in [4.69, 9.17) is 5.53 Å². The first-order valence-electron chi connectivity index (χ1n) is 4.23. The minimum absolute atomic E-state index is 0.460. The number of methoxy groups -OCH3 is 1. The van der Waals surface area contributed by atoms with E-state index in [-0.39, 0.29) is 0 Å². The van der Waals surface area contributed by atoms with E-state index >= 15 is 0 Å². The zero-order chi connectivity index (χ0) is 10.3. The normalized spacial score (nSPS) is 12.0. The first-order valence-corrected chi connectivity index (χ1v) is 4.23. The maximum atomic E-state index is 11.0. The van der Waals surface area contributed by atoms with Crippen LogP contribution >= 0.6 is 0 Å². The molecule has 5 heteroatoms. The molecule has 0 unspecified atom stereocenters. The van der Waals surface area contributed by atoms with Gasteiger partial charge in [-0.3, -0.25) is 4.79 Å². The molecule has 0 radical (unpaired) electrons. The Morgan fingerprint density at radius 1 is 1.54 bits per heavy atom. The van der Waals surface area contributed by atoms with Crippen LogP contribution in [-0.4, -0.2) is 19.1 Å². The molecule has 0 bridgehead atoms. The number of carbonyl (C=O) groups is 1. The predicted molar refractivity (Wildman–Crippen MR) is 49.0 cm³/mol. The molecule has 0 spiro atoms. The smallest absolute Gasteiger partial charge is 0.314 e. The van der Waals surface area contributed by atoms with Crippen molar-refractivity contribution in [1.29, 1.82) is 0 Å². The summed E-state index contributed by atoms with van der Waals surface area (Å²) in [6, 6.07) is -0.669. The van der Waals surface area contributed by atoms with Crippen molar-refractivity contribution >= 4 is 5.97 Å². The van der Waals surface area contributed by atoms with Crippen LogP contribution in [-0.2, 0) is 9.53 Å². The Balaban J connectivity index is 4.10. The molecule has 0 aliphatic carbocycles. The molecule has 74 valence electrons. The van der Waals surface area contributed by atoms with Crippen LogP contribution in [0.5, 0.6) is 0 Å². The number of rotatable bonds is 5. The number of azide groups is 1. The molecule has 0 aromatic heterocycles. The van der Waals surface area contributed by atoms with E-state index in [0.717, 1.165) is 6.42 Å². The second kappa shape index (κ2) is 6.31. The number of nitrogens with zero attached hydrogens (tertiary/aromatic N) is 3. The van der Waals surface area contributed by atoms with Gasteiger partial charge in [-0.2, -0.15) is 0 Å². The lowest BCUT2D eigenvalue weighted by Crippen LogP contribution is -2.20. The van der Waals surface area contributed by atoms with Gasteiger partial charge in [0.1, 0.15) is 6.04 Å². The van der Waals surface area contributed by atoms with E-state index in [1.165, 1.54) is 7.11 Å². The molecule has 0 aromatic rings. The Morgan fingerprint density at radius 3 is 2.54 bits per heavy atom. The lowest BCUT2D eigenvalue weighted by molar-refractivity contribution is -0.142. The second-order valence-electron chi connectivity index (χ2n) is 3.22. The molecule has 0 aliphatic heterocycles. The third-order valence-corrected chi connectivity index (χ3v) is 1.68. The van der Waals surface area contributed by atoms with Crippen LogP contribution in [0, 0.1) is 5.92 Å². The first kappa shape index (κ1) is 11.8. The molecular formula is C8H15N3O2. The van der Waals surface area contributed by atoms with Gasteiger partial charge >= 0.3 is 5.97 Å². The number of ether oxygens (including phenoxy) is 1. The van der Waals surface area contributed by atoms with E-state index in [1.54, 1.807) is 0 Å². The highest BCUT2D eigenvalue weighted by molar-refractivity contribution is 5.75. The van der Waals surface area contributed by atoms with Gasteiger partial charge in [0.15, 0.2) is 0 Å². The van der Waals surface area contributed by atoms with Gasteiger partial charge in [0, 0.05) is 4.91 Å². The van der Waals surface area contributed by atoms with Gasteiger partial charge in [-0.25, -0.2) is 0 Å². The summed E-state index contributed by atoms with van der Waals surface area (Å²) in [5.74, 6) is 0.0273. The zero-order valence-corrected chi connectivity index (χ0v) is 8.23. The Morgan fingerprint density at radius 2 is 2.15 bits per heavy atom. The van der Waals surface area contributed by atoms with E-state index in [2.05, 4.69) is 14.8 Å². The van der Waals surface area contributed by atoms with Crippen molar-refractivity contribution < 1.29 is 9.53 Å². The van der Waals surface area contributed by atoms with Gasteiger partial charge in [-0.05, 0) is 17.9 Å². The molecule has 0 fully saturated rings. The van der Waals surface area contributed by atoms with Gasteiger partial charge in [0.25, 0.3) is 0 Å². The van der Waals surface area contributed by atoms with E-state index in [0.29, 0.717) is 12.3 Å². The Kier molecular flexibility index (Phi) is 5.72. The predicted octanol–water partition coefficient (Wildman–Crippen LogP) is 2.27.